The highest BCUT2D eigenvalue weighted by Gasteiger charge is 2.13. The van der Waals surface area contributed by atoms with Gasteiger partial charge in [0.25, 0.3) is 11.8 Å². The number of H-pyrrole nitrogens is 1. The molecule has 7 nitrogen and oxygen atoms in total. The molecule has 0 atom stereocenters. The molecule has 0 fully saturated rings. The van der Waals surface area contributed by atoms with E-state index in [-0.39, 0.29) is 17.3 Å². The minimum Gasteiger partial charge on any atom is -0.355 e. The first-order valence-corrected chi connectivity index (χ1v) is 5.68. The van der Waals surface area contributed by atoms with E-state index in [1.54, 1.807) is 6.07 Å². The van der Waals surface area contributed by atoms with Gasteiger partial charge in [-0.25, -0.2) is 4.98 Å². The Hall–Kier alpha value is -2.41. The number of halogens is 1. The highest BCUT2D eigenvalue weighted by molar-refractivity contribution is 6.34. The van der Waals surface area contributed by atoms with E-state index >= 15 is 0 Å². The molecule has 2 rings (SSSR count). The lowest BCUT2D eigenvalue weighted by Crippen LogP contribution is -2.19. The number of nitrogens with zero attached hydrogens (tertiary/aromatic N) is 2. The summed E-state index contributed by atoms with van der Waals surface area (Å²) in [6, 6.07) is 4.60. The second-order valence-corrected chi connectivity index (χ2v) is 3.97. The van der Waals surface area contributed by atoms with E-state index in [9.17, 15) is 9.59 Å². The SMILES string of the molecule is CNC(=O)c1cc(NC(=O)c2ncn[nH]2)ccc1Cl. The van der Waals surface area contributed by atoms with Crippen LogP contribution in [0.3, 0.4) is 0 Å². The number of anilines is 1. The van der Waals surface area contributed by atoms with E-state index in [0.29, 0.717) is 10.7 Å². The molecule has 0 bridgehead atoms. The molecule has 0 unspecified atom stereocenters. The van der Waals surface area contributed by atoms with E-state index in [1.807, 2.05) is 0 Å². The molecule has 2 amide bonds. The van der Waals surface area contributed by atoms with Crippen molar-refractivity contribution in [2.45, 2.75) is 0 Å². The number of carbonyl (C=O) groups excluding carboxylic acids is 2. The molecule has 0 spiro atoms. The van der Waals surface area contributed by atoms with Crippen LogP contribution in [0.2, 0.25) is 5.02 Å². The molecule has 0 aliphatic rings. The molecule has 1 aromatic carbocycles. The number of rotatable bonds is 3. The summed E-state index contributed by atoms with van der Waals surface area (Å²) in [6.07, 6.45) is 1.23. The first kappa shape index (κ1) is 13.0. The predicted molar refractivity (Wildman–Crippen MR) is 69.2 cm³/mol. The smallest absolute Gasteiger partial charge is 0.292 e. The van der Waals surface area contributed by atoms with Gasteiger partial charge < -0.3 is 10.6 Å². The first-order valence-electron chi connectivity index (χ1n) is 5.30. The molecule has 1 aromatic heterocycles. The largest absolute Gasteiger partial charge is 0.355 e. The van der Waals surface area contributed by atoms with Gasteiger partial charge in [0.15, 0.2) is 0 Å². The third-order valence-electron chi connectivity index (χ3n) is 2.33. The summed E-state index contributed by atoms with van der Waals surface area (Å²) >= 11 is 5.90. The normalized spacial score (nSPS) is 10.0. The fraction of sp³-hybridized carbons (Fsp3) is 0.0909. The number of hydrogen-bond donors (Lipinski definition) is 3. The second-order valence-electron chi connectivity index (χ2n) is 3.56. The van der Waals surface area contributed by atoms with Crippen LogP contribution >= 0.6 is 11.6 Å². The average molecular weight is 280 g/mol. The van der Waals surface area contributed by atoms with E-state index < -0.39 is 5.91 Å². The molecular formula is C11H10ClN5O2. The van der Waals surface area contributed by atoms with Crippen LogP contribution in [0.4, 0.5) is 5.69 Å². The van der Waals surface area contributed by atoms with Gasteiger partial charge in [0, 0.05) is 12.7 Å². The van der Waals surface area contributed by atoms with Gasteiger partial charge in [0.1, 0.15) is 6.33 Å². The fourth-order valence-electron chi connectivity index (χ4n) is 1.42. The van der Waals surface area contributed by atoms with Gasteiger partial charge in [0.05, 0.1) is 10.6 Å². The Balaban J connectivity index is 2.22. The summed E-state index contributed by atoms with van der Waals surface area (Å²) in [5, 5.41) is 11.4. The van der Waals surface area contributed by atoms with Crippen molar-refractivity contribution >= 4 is 29.1 Å². The van der Waals surface area contributed by atoms with E-state index in [1.165, 1.54) is 25.5 Å². The molecule has 0 aliphatic carbocycles. The van der Waals surface area contributed by atoms with Crippen molar-refractivity contribution in [2.75, 3.05) is 12.4 Å². The Labute approximate surface area is 113 Å². The van der Waals surface area contributed by atoms with Crippen LogP contribution in [0.25, 0.3) is 0 Å². The summed E-state index contributed by atoms with van der Waals surface area (Å²) < 4.78 is 0. The maximum Gasteiger partial charge on any atom is 0.292 e. The van der Waals surface area contributed by atoms with Crippen LogP contribution in [0.15, 0.2) is 24.5 Å². The molecule has 0 radical (unpaired) electrons. The minimum atomic E-state index is -0.456. The molecule has 0 saturated heterocycles. The lowest BCUT2D eigenvalue weighted by atomic mass is 10.2. The lowest BCUT2D eigenvalue weighted by molar-refractivity contribution is 0.0961. The quantitative estimate of drug-likeness (QED) is 0.782. The van der Waals surface area contributed by atoms with E-state index in [2.05, 4.69) is 25.8 Å². The lowest BCUT2D eigenvalue weighted by Gasteiger charge is -2.07. The number of amides is 2. The highest BCUT2D eigenvalue weighted by Crippen LogP contribution is 2.20. The van der Waals surface area contributed by atoms with Gasteiger partial charge in [-0.05, 0) is 18.2 Å². The molecule has 19 heavy (non-hydrogen) atoms. The van der Waals surface area contributed by atoms with Crippen LogP contribution in [0.5, 0.6) is 0 Å². The van der Waals surface area contributed by atoms with Gasteiger partial charge >= 0.3 is 0 Å². The van der Waals surface area contributed by atoms with Crippen molar-refractivity contribution in [2.24, 2.45) is 0 Å². The maximum atomic E-state index is 11.7. The third-order valence-corrected chi connectivity index (χ3v) is 2.66. The number of nitrogens with one attached hydrogen (secondary N) is 3. The standard InChI is InChI=1S/C11H10ClN5O2/c1-13-10(18)7-4-6(2-3-8(7)12)16-11(19)9-14-5-15-17-9/h2-5H,1H3,(H,13,18)(H,16,19)(H,14,15,17). The Morgan fingerprint density at radius 2 is 2.11 bits per heavy atom. The summed E-state index contributed by atoms with van der Waals surface area (Å²) in [4.78, 5) is 27.0. The molecule has 1 heterocycles. The van der Waals surface area contributed by atoms with Gasteiger partial charge in [0.2, 0.25) is 5.82 Å². The zero-order valence-corrected chi connectivity index (χ0v) is 10.7. The second kappa shape index (κ2) is 5.49. The minimum absolute atomic E-state index is 0.0800. The van der Waals surface area contributed by atoms with E-state index in [0.717, 1.165) is 0 Å². The van der Waals surface area contributed by atoms with Gasteiger partial charge in [-0.1, -0.05) is 11.6 Å². The third kappa shape index (κ3) is 2.89. The monoisotopic (exact) mass is 279 g/mol. The summed E-state index contributed by atoms with van der Waals surface area (Å²) in [7, 11) is 1.50. The van der Waals surface area contributed by atoms with Crippen molar-refractivity contribution in [1.82, 2.24) is 20.5 Å². The molecule has 3 N–H and O–H groups in total. The van der Waals surface area contributed by atoms with E-state index in [4.69, 9.17) is 11.6 Å². The molecule has 2 aromatic rings. The van der Waals surface area contributed by atoms with Crippen molar-refractivity contribution in [3.8, 4) is 0 Å². The molecule has 8 heteroatoms. The molecular weight excluding hydrogens is 270 g/mol. The fourth-order valence-corrected chi connectivity index (χ4v) is 1.62. The number of aromatic nitrogens is 3. The van der Waals surface area contributed by atoms with Crippen LogP contribution in [0, 0.1) is 0 Å². The predicted octanol–water partition coefficient (Wildman–Crippen LogP) is 1.07. The van der Waals surface area contributed by atoms with Gasteiger partial charge in [-0.15, -0.1) is 0 Å². The van der Waals surface area contributed by atoms with Crippen LogP contribution in [0.1, 0.15) is 21.0 Å². The summed E-state index contributed by atoms with van der Waals surface area (Å²) in [5.41, 5.74) is 0.712. The van der Waals surface area contributed by atoms with Crippen molar-refractivity contribution in [3.05, 3.63) is 40.9 Å². The summed E-state index contributed by atoms with van der Waals surface area (Å²) in [6.45, 7) is 0. The van der Waals surface area contributed by atoms with Crippen LogP contribution in [-0.2, 0) is 0 Å². The Morgan fingerprint density at radius 3 is 2.74 bits per heavy atom. The number of benzene rings is 1. The van der Waals surface area contributed by atoms with Crippen LogP contribution < -0.4 is 10.6 Å². The first-order chi connectivity index (χ1) is 9.11. The Kier molecular flexibility index (Phi) is 3.76. The number of hydrogen-bond acceptors (Lipinski definition) is 4. The molecule has 0 aliphatic heterocycles. The van der Waals surface area contributed by atoms with Gasteiger partial charge in [-0.3, -0.25) is 14.7 Å². The van der Waals surface area contributed by atoms with Crippen molar-refractivity contribution in [1.29, 1.82) is 0 Å². The number of carbonyl (C=O) groups is 2. The van der Waals surface area contributed by atoms with Gasteiger partial charge in [-0.2, -0.15) is 5.10 Å². The summed E-state index contributed by atoms with van der Waals surface area (Å²) in [5.74, 6) is -0.708. The van der Waals surface area contributed by atoms with Crippen molar-refractivity contribution < 1.29 is 9.59 Å². The molecule has 0 saturated carbocycles. The topological polar surface area (TPSA) is 99.8 Å². The van der Waals surface area contributed by atoms with Crippen molar-refractivity contribution in [3.63, 3.8) is 0 Å². The number of aromatic amines is 1. The highest BCUT2D eigenvalue weighted by atomic mass is 35.5. The average Bonchev–Trinajstić information content (AvgIpc) is 2.94. The maximum absolute atomic E-state index is 11.7. The zero-order chi connectivity index (χ0) is 13.8. The zero-order valence-electron chi connectivity index (χ0n) is 9.90. The Bertz CT molecular complexity index is 612. The Morgan fingerprint density at radius 1 is 1.32 bits per heavy atom. The van der Waals surface area contributed by atoms with Crippen LogP contribution in [-0.4, -0.2) is 34.0 Å². The molecule has 98 valence electrons.